The summed E-state index contributed by atoms with van der Waals surface area (Å²) >= 11 is 0. The zero-order chi connectivity index (χ0) is 29.9. The molecule has 0 unspecified atom stereocenters. The maximum atomic E-state index is 14.6. The molecule has 3 aromatic rings. The van der Waals surface area contributed by atoms with Crippen molar-refractivity contribution < 1.29 is 41.0 Å². The van der Waals surface area contributed by atoms with E-state index >= 15 is 0 Å². The predicted molar refractivity (Wildman–Crippen MR) is 144 cm³/mol. The number of carbonyl (C=O) groups is 2. The first-order valence-corrected chi connectivity index (χ1v) is 13.5. The average Bonchev–Trinajstić information content (AvgIpc) is 3.57. The summed E-state index contributed by atoms with van der Waals surface area (Å²) in [6.07, 6.45) is -3.03. The number of ether oxygens (including phenoxy) is 2. The average molecular weight is 587 g/mol. The number of benzene rings is 3. The molecule has 2 aliphatic rings. The van der Waals surface area contributed by atoms with E-state index in [1.165, 1.54) is 30.3 Å². The monoisotopic (exact) mass is 586 g/mol. The molecule has 2 atom stereocenters. The molecule has 11 heteroatoms. The maximum absolute atomic E-state index is 14.6. The van der Waals surface area contributed by atoms with Gasteiger partial charge in [-0.15, -0.1) is 13.2 Å². The third-order valence-electron chi connectivity index (χ3n) is 7.30. The van der Waals surface area contributed by atoms with Gasteiger partial charge in [-0.25, -0.2) is 8.78 Å². The molecule has 220 valence electrons. The second-order valence-corrected chi connectivity index (χ2v) is 10.1. The SMILES string of the molecule is O=C(OCCCN1CCCC1=O)[C@H]1CC(c2c(F)cccc2F)=N[C@H]1c1ccc(-c2ccc(OC(F)(F)F)cc2)cc1. The van der Waals surface area contributed by atoms with Crippen LogP contribution in [-0.2, 0) is 14.3 Å². The highest BCUT2D eigenvalue weighted by molar-refractivity contribution is 6.04. The number of carbonyl (C=O) groups excluding carboxylic acids is 2. The van der Waals surface area contributed by atoms with Gasteiger partial charge in [-0.05, 0) is 53.8 Å². The lowest BCUT2D eigenvalue weighted by Gasteiger charge is -2.19. The summed E-state index contributed by atoms with van der Waals surface area (Å²) in [5.41, 5.74) is 1.75. The number of esters is 1. The first-order chi connectivity index (χ1) is 20.1. The minimum absolute atomic E-state index is 0.0333. The van der Waals surface area contributed by atoms with Crippen LogP contribution in [0.5, 0.6) is 5.75 Å². The van der Waals surface area contributed by atoms with Gasteiger partial charge in [0.25, 0.3) is 0 Å². The van der Waals surface area contributed by atoms with E-state index in [2.05, 4.69) is 9.73 Å². The molecule has 1 fully saturated rings. The van der Waals surface area contributed by atoms with E-state index < -0.39 is 35.9 Å². The van der Waals surface area contributed by atoms with Gasteiger partial charge < -0.3 is 14.4 Å². The summed E-state index contributed by atoms with van der Waals surface area (Å²) in [6.45, 7) is 1.25. The van der Waals surface area contributed by atoms with Crippen LogP contribution >= 0.6 is 0 Å². The standard InChI is InChI=1S/C31H27F5N2O4/c32-24-4-1-5-25(33)28(24)26-18-23(30(40)41-17-3-16-38-15-2-6-27(38)39)29(37-26)21-9-7-19(8-10-21)20-11-13-22(14-12-20)42-31(34,35)36/h1,4-5,7-14,23,29H,2-3,6,15-18H2/t23-,29-/m0/s1. The third kappa shape index (κ3) is 6.78. The van der Waals surface area contributed by atoms with Gasteiger partial charge in [0.15, 0.2) is 0 Å². The molecular formula is C31H27F5N2O4. The molecule has 3 aromatic carbocycles. The topological polar surface area (TPSA) is 68.2 Å². The van der Waals surface area contributed by atoms with Crippen LogP contribution in [0.1, 0.15) is 42.9 Å². The van der Waals surface area contributed by atoms with Gasteiger partial charge in [0.2, 0.25) is 5.91 Å². The highest BCUT2D eigenvalue weighted by Gasteiger charge is 2.39. The van der Waals surface area contributed by atoms with Crippen molar-refractivity contribution in [3.05, 3.63) is 89.5 Å². The van der Waals surface area contributed by atoms with Crippen molar-refractivity contribution in [1.29, 1.82) is 0 Å². The van der Waals surface area contributed by atoms with Crippen molar-refractivity contribution in [2.45, 2.75) is 38.1 Å². The van der Waals surface area contributed by atoms with Crippen molar-refractivity contribution in [3.63, 3.8) is 0 Å². The second-order valence-electron chi connectivity index (χ2n) is 10.1. The Balaban J connectivity index is 1.33. The second kappa shape index (κ2) is 12.3. The first kappa shape index (κ1) is 29.2. The quantitative estimate of drug-likeness (QED) is 0.160. The molecule has 5 rings (SSSR count). The van der Waals surface area contributed by atoms with Crippen LogP contribution in [0.2, 0.25) is 0 Å². The fourth-order valence-electron chi connectivity index (χ4n) is 5.29. The zero-order valence-electron chi connectivity index (χ0n) is 22.4. The van der Waals surface area contributed by atoms with Crippen LogP contribution in [0.3, 0.4) is 0 Å². The summed E-state index contributed by atoms with van der Waals surface area (Å²) in [4.78, 5) is 31.3. The van der Waals surface area contributed by atoms with Crippen LogP contribution < -0.4 is 4.74 Å². The van der Waals surface area contributed by atoms with E-state index in [0.29, 0.717) is 42.6 Å². The summed E-state index contributed by atoms with van der Waals surface area (Å²) in [7, 11) is 0. The minimum atomic E-state index is -4.79. The number of aliphatic imine (C=N–C) groups is 1. The lowest BCUT2D eigenvalue weighted by Crippen LogP contribution is -2.27. The lowest BCUT2D eigenvalue weighted by atomic mass is 9.90. The summed E-state index contributed by atoms with van der Waals surface area (Å²) in [6, 6.07) is 15.0. The summed E-state index contributed by atoms with van der Waals surface area (Å²) in [5.74, 6) is -3.24. The molecule has 0 bridgehead atoms. The number of alkyl halides is 3. The summed E-state index contributed by atoms with van der Waals surface area (Å²) < 4.78 is 76.1. The molecule has 1 amide bonds. The third-order valence-corrected chi connectivity index (χ3v) is 7.30. The van der Waals surface area contributed by atoms with Crippen molar-refractivity contribution >= 4 is 17.6 Å². The Bertz CT molecular complexity index is 1450. The van der Waals surface area contributed by atoms with Crippen molar-refractivity contribution in [3.8, 4) is 16.9 Å². The van der Waals surface area contributed by atoms with Crippen molar-refractivity contribution in [1.82, 2.24) is 4.90 Å². The number of likely N-dealkylation sites (tertiary alicyclic amines) is 1. The molecule has 1 saturated heterocycles. The Labute approximate surface area is 238 Å². The van der Waals surface area contributed by atoms with E-state index in [0.717, 1.165) is 18.6 Å². The molecule has 0 N–H and O–H groups in total. The van der Waals surface area contributed by atoms with Gasteiger partial charge in [0.05, 0.1) is 24.1 Å². The van der Waals surface area contributed by atoms with Gasteiger partial charge >= 0.3 is 12.3 Å². The highest BCUT2D eigenvalue weighted by atomic mass is 19.4. The van der Waals surface area contributed by atoms with Gasteiger partial charge in [-0.2, -0.15) is 0 Å². The molecule has 2 heterocycles. The number of rotatable bonds is 9. The molecule has 0 radical (unpaired) electrons. The Hall–Kier alpha value is -4.28. The molecule has 6 nitrogen and oxygen atoms in total. The van der Waals surface area contributed by atoms with E-state index in [9.17, 15) is 31.5 Å². The maximum Gasteiger partial charge on any atom is 0.573 e. The summed E-state index contributed by atoms with van der Waals surface area (Å²) in [5, 5.41) is 0. The molecule has 0 spiro atoms. The number of hydrogen-bond donors (Lipinski definition) is 0. The Morgan fingerprint density at radius 3 is 2.19 bits per heavy atom. The normalized spacial score (nSPS) is 18.7. The van der Waals surface area contributed by atoms with Gasteiger partial charge in [-0.1, -0.05) is 42.5 Å². The smallest absolute Gasteiger partial charge is 0.465 e. The van der Waals surface area contributed by atoms with Crippen LogP contribution in [-0.4, -0.2) is 48.5 Å². The molecular weight excluding hydrogens is 559 g/mol. The number of halogens is 5. The van der Waals surface area contributed by atoms with Crippen LogP contribution in [0.4, 0.5) is 22.0 Å². The molecule has 0 aromatic heterocycles. The van der Waals surface area contributed by atoms with Crippen LogP contribution in [0, 0.1) is 17.6 Å². The minimum Gasteiger partial charge on any atom is -0.465 e. The van der Waals surface area contributed by atoms with Gasteiger partial charge in [-0.3, -0.25) is 14.6 Å². The number of nitrogens with zero attached hydrogens (tertiary/aromatic N) is 2. The van der Waals surface area contributed by atoms with Gasteiger partial charge in [0.1, 0.15) is 17.4 Å². The van der Waals surface area contributed by atoms with Crippen molar-refractivity contribution in [2.75, 3.05) is 19.7 Å². The van der Waals surface area contributed by atoms with E-state index in [1.807, 2.05) is 0 Å². The lowest BCUT2D eigenvalue weighted by molar-refractivity contribution is -0.274. The van der Waals surface area contributed by atoms with Crippen LogP contribution in [0.15, 0.2) is 71.7 Å². The highest BCUT2D eigenvalue weighted by Crippen LogP contribution is 2.39. The number of amides is 1. The van der Waals surface area contributed by atoms with Crippen LogP contribution in [0.25, 0.3) is 11.1 Å². The fraction of sp³-hybridized carbons (Fsp3) is 0.323. The first-order valence-electron chi connectivity index (χ1n) is 13.5. The largest absolute Gasteiger partial charge is 0.573 e. The Morgan fingerprint density at radius 2 is 1.60 bits per heavy atom. The number of hydrogen-bond acceptors (Lipinski definition) is 5. The van der Waals surface area contributed by atoms with Gasteiger partial charge in [0, 0.05) is 31.6 Å². The van der Waals surface area contributed by atoms with Crippen molar-refractivity contribution in [2.24, 2.45) is 10.9 Å². The molecule has 2 aliphatic heterocycles. The molecule has 42 heavy (non-hydrogen) atoms. The predicted octanol–water partition coefficient (Wildman–Crippen LogP) is 6.64. The Morgan fingerprint density at radius 1 is 0.952 bits per heavy atom. The zero-order valence-corrected chi connectivity index (χ0v) is 22.4. The molecule has 0 saturated carbocycles. The van der Waals surface area contributed by atoms with E-state index in [-0.39, 0.29) is 36.0 Å². The molecule has 0 aliphatic carbocycles. The van der Waals surface area contributed by atoms with E-state index in [1.54, 1.807) is 29.2 Å². The fourth-order valence-corrected chi connectivity index (χ4v) is 5.29. The van der Waals surface area contributed by atoms with E-state index in [4.69, 9.17) is 4.74 Å². The Kier molecular flexibility index (Phi) is 8.56.